The van der Waals surface area contributed by atoms with Crippen LogP contribution >= 0.6 is 0 Å². The molecule has 3 fully saturated rings. The second-order valence-corrected chi connectivity index (χ2v) is 8.75. The van der Waals surface area contributed by atoms with E-state index in [0.29, 0.717) is 11.8 Å². The van der Waals surface area contributed by atoms with Crippen molar-refractivity contribution in [2.45, 2.75) is 45.4 Å². The van der Waals surface area contributed by atoms with E-state index in [1.807, 2.05) is 23.8 Å². The number of aryl methyl sites for hydroxylation is 1. The maximum atomic E-state index is 12.8. The molecule has 0 radical (unpaired) electrons. The zero-order valence-electron chi connectivity index (χ0n) is 16.2. The van der Waals surface area contributed by atoms with E-state index in [-0.39, 0.29) is 0 Å². The molecule has 1 aliphatic carbocycles. The zero-order chi connectivity index (χ0) is 18.4. The predicted molar refractivity (Wildman–Crippen MR) is 105 cm³/mol. The molecule has 2 unspecified atom stereocenters. The number of likely N-dealkylation sites (tertiary alicyclic amines) is 1. The Morgan fingerprint density at radius 1 is 1.15 bits per heavy atom. The van der Waals surface area contributed by atoms with E-state index < -0.39 is 0 Å². The van der Waals surface area contributed by atoms with Gasteiger partial charge in [-0.1, -0.05) is 6.42 Å². The van der Waals surface area contributed by atoms with Gasteiger partial charge in [0.1, 0.15) is 5.52 Å². The van der Waals surface area contributed by atoms with Crippen molar-refractivity contribution in [2.24, 2.45) is 17.8 Å². The van der Waals surface area contributed by atoms with Crippen molar-refractivity contribution in [3.8, 4) is 0 Å². The molecule has 6 heteroatoms. The Morgan fingerprint density at radius 3 is 2.63 bits per heavy atom. The summed E-state index contributed by atoms with van der Waals surface area (Å²) in [4.78, 5) is 21.9. The fourth-order valence-corrected chi connectivity index (χ4v) is 5.44. The van der Waals surface area contributed by atoms with Gasteiger partial charge in [-0.25, -0.2) is 9.50 Å². The van der Waals surface area contributed by atoms with Crippen LogP contribution in [0.4, 0.5) is 5.82 Å². The van der Waals surface area contributed by atoms with Crippen LogP contribution in [0.5, 0.6) is 0 Å². The Balaban J connectivity index is 1.18. The fraction of sp³-hybridized carbons (Fsp3) is 0.667. The van der Waals surface area contributed by atoms with E-state index in [1.165, 1.54) is 19.3 Å². The third kappa shape index (κ3) is 3.19. The number of nitrogens with zero attached hydrogens (tertiary/aromatic N) is 5. The summed E-state index contributed by atoms with van der Waals surface area (Å²) >= 11 is 0. The van der Waals surface area contributed by atoms with Crippen LogP contribution in [0.15, 0.2) is 18.5 Å². The van der Waals surface area contributed by atoms with Crippen molar-refractivity contribution in [1.82, 2.24) is 19.5 Å². The predicted octanol–water partition coefficient (Wildman–Crippen LogP) is 2.90. The Labute approximate surface area is 160 Å². The number of rotatable bonds is 3. The van der Waals surface area contributed by atoms with Gasteiger partial charge in [-0.15, -0.1) is 0 Å². The molecule has 2 aliphatic heterocycles. The van der Waals surface area contributed by atoms with Crippen molar-refractivity contribution in [2.75, 3.05) is 31.1 Å². The summed E-state index contributed by atoms with van der Waals surface area (Å²) < 4.78 is 1.91. The highest BCUT2D eigenvalue weighted by Crippen LogP contribution is 2.38. The van der Waals surface area contributed by atoms with E-state index in [0.717, 1.165) is 74.3 Å². The third-order valence-electron chi connectivity index (χ3n) is 6.95. The van der Waals surface area contributed by atoms with E-state index in [9.17, 15) is 4.79 Å². The van der Waals surface area contributed by atoms with Gasteiger partial charge in [-0.2, -0.15) is 5.10 Å². The van der Waals surface area contributed by atoms with Crippen molar-refractivity contribution in [1.29, 1.82) is 0 Å². The molecule has 0 N–H and O–H groups in total. The van der Waals surface area contributed by atoms with Gasteiger partial charge in [0.15, 0.2) is 5.82 Å². The molecule has 0 bridgehead atoms. The molecular formula is C21H29N5O. The number of anilines is 1. The minimum atomic E-state index is 0.398. The number of piperidine rings is 1. The first-order valence-corrected chi connectivity index (χ1v) is 10.5. The summed E-state index contributed by atoms with van der Waals surface area (Å²) in [5, 5.41) is 4.49. The zero-order valence-corrected chi connectivity index (χ0v) is 16.2. The summed E-state index contributed by atoms with van der Waals surface area (Å²) in [5.74, 6) is 3.52. The summed E-state index contributed by atoms with van der Waals surface area (Å²) in [6, 6.07) is 2.10. The fourth-order valence-electron chi connectivity index (χ4n) is 5.44. The molecule has 27 heavy (non-hydrogen) atoms. The standard InChI is InChI=1S/C21H29N5O/c1-15-11-19-21(22-7-10-26(19)23-15)24-8-5-16(6-9-24)12-20(27)25-13-17-3-2-4-18(17)14-25/h7,10-11,16-18H,2-6,8-9,12-14H2,1H3. The van der Waals surface area contributed by atoms with Gasteiger partial charge in [0.25, 0.3) is 0 Å². The maximum absolute atomic E-state index is 12.8. The Kier molecular flexibility index (Phi) is 4.29. The molecule has 2 atom stereocenters. The van der Waals surface area contributed by atoms with Gasteiger partial charge >= 0.3 is 0 Å². The van der Waals surface area contributed by atoms with Gasteiger partial charge in [-0.05, 0) is 56.4 Å². The van der Waals surface area contributed by atoms with Crippen molar-refractivity contribution in [3.05, 3.63) is 24.2 Å². The molecule has 2 aromatic heterocycles. The molecule has 0 spiro atoms. The first kappa shape index (κ1) is 17.0. The average Bonchev–Trinajstić information content (AvgIpc) is 3.35. The van der Waals surface area contributed by atoms with E-state index in [4.69, 9.17) is 0 Å². The lowest BCUT2D eigenvalue weighted by atomic mass is 9.93. The largest absolute Gasteiger partial charge is 0.355 e. The molecule has 0 aromatic carbocycles. The highest BCUT2D eigenvalue weighted by atomic mass is 16.2. The van der Waals surface area contributed by atoms with Crippen LogP contribution in [0.1, 0.15) is 44.2 Å². The van der Waals surface area contributed by atoms with Crippen LogP contribution in [0.25, 0.3) is 5.52 Å². The molecule has 3 aliphatic rings. The molecule has 2 aromatic rings. The average molecular weight is 367 g/mol. The number of hydrogen-bond acceptors (Lipinski definition) is 4. The van der Waals surface area contributed by atoms with Gasteiger partial charge in [0, 0.05) is 45.0 Å². The quantitative estimate of drug-likeness (QED) is 0.837. The smallest absolute Gasteiger partial charge is 0.222 e. The van der Waals surface area contributed by atoms with Crippen LogP contribution in [0, 0.1) is 24.7 Å². The SMILES string of the molecule is Cc1cc2c(N3CCC(CC(=O)N4CC5CCCC5C4)CC3)nccn2n1. The maximum Gasteiger partial charge on any atom is 0.222 e. The van der Waals surface area contributed by atoms with Crippen LogP contribution in [-0.2, 0) is 4.79 Å². The van der Waals surface area contributed by atoms with Gasteiger partial charge in [-0.3, -0.25) is 4.79 Å². The number of aromatic nitrogens is 3. The summed E-state index contributed by atoms with van der Waals surface area (Å²) in [6.45, 7) is 6.00. The molecule has 1 amide bonds. The third-order valence-corrected chi connectivity index (χ3v) is 6.95. The number of hydrogen-bond donors (Lipinski definition) is 0. The lowest BCUT2D eigenvalue weighted by Crippen LogP contribution is -2.37. The lowest BCUT2D eigenvalue weighted by Gasteiger charge is -2.33. The highest BCUT2D eigenvalue weighted by molar-refractivity contribution is 5.77. The molecular weight excluding hydrogens is 338 g/mol. The first-order valence-electron chi connectivity index (χ1n) is 10.5. The molecule has 1 saturated carbocycles. The number of fused-ring (bicyclic) bond motifs is 2. The first-order chi connectivity index (χ1) is 13.2. The minimum Gasteiger partial charge on any atom is -0.355 e. The van der Waals surface area contributed by atoms with Crippen molar-refractivity contribution in [3.63, 3.8) is 0 Å². The van der Waals surface area contributed by atoms with Gasteiger partial charge in [0.05, 0.1) is 5.69 Å². The van der Waals surface area contributed by atoms with E-state index >= 15 is 0 Å². The van der Waals surface area contributed by atoms with Gasteiger partial charge in [0.2, 0.25) is 5.91 Å². The highest BCUT2D eigenvalue weighted by Gasteiger charge is 2.38. The Morgan fingerprint density at radius 2 is 1.89 bits per heavy atom. The van der Waals surface area contributed by atoms with Crippen molar-refractivity contribution < 1.29 is 4.79 Å². The minimum absolute atomic E-state index is 0.398. The van der Waals surface area contributed by atoms with Gasteiger partial charge < -0.3 is 9.80 Å². The lowest BCUT2D eigenvalue weighted by molar-refractivity contribution is -0.131. The van der Waals surface area contributed by atoms with Crippen LogP contribution < -0.4 is 4.90 Å². The molecule has 6 nitrogen and oxygen atoms in total. The number of carbonyl (C=O) groups excluding carboxylic acids is 1. The monoisotopic (exact) mass is 367 g/mol. The summed E-state index contributed by atoms with van der Waals surface area (Å²) in [7, 11) is 0. The van der Waals surface area contributed by atoms with Crippen LogP contribution in [-0.4, -0.2) is 51.6 Å². The molecule has 2 saturated heterocycles. The van der Waals surface area contributed by atoms with Crippen LogP contribution in [0.3, 0.4) is 0 Å². The van der Waals surface area contributed by atoms with E-state index in [2.05, 4.69) is 25.9 Å². The summed E-state index contributed by atoms with van der Waals surface area (Å²) in [6.07, 6.45) is 10.6. The van der Waals surface area contributed by atoms with E-state index in [1.54, 1.807) is 0 Å². The number of carbonyl (C=O) groups is 1. The topological polar surface area (TPSA) is 53.7 Å². The summed E-state index contributed by atoms with van der Waals surface area (Å²) in [5.41, 5.74) is 2.09. The Hall–Kier alpha value is -2.11. The number of amides is 1. The molecule has 4 heterocycles. The van der Waals surface area contributed by atoms with Crippen molar-refractivity contribution >= 4 is 17.2 Å². The molecule has 144 valence electrons. The second-order valence-electron chi connectivity index (χ2n) is 8.75. The molecule has 5 rings (SSSR count). The van der Waals surface area contributed by atoms with Crippen LogP contribution in [0.2, 0.25) is 0 Å². The second kappa shape index (κ2) is 6.80. The normalized spacial score (nSPS) is 26.1. The Bertz CT molecular complexity index is 826.